The van der Waals surface area contributed by atoms with Gasteiger partial charge in [0.2, 0.25) is 0 Å². The topological polar surface area (TPSA) is 74.6 Å². The SMILES string of the molecule is O=C1C=CC(=O)c2ccccc21.Oc1ccc2ccccc2c1O. The molecule has 0 atom stereocenters. The second-order valence-electron chi connectivity index (χ2n) is 5.26. The largest absolute Gasteiger partial charge is 0.504 e. The highest BCUT2D eigenvalue weighted by Crippen LogP contribution is 2.32. The lowest BCUT2D eigenvalue weighted by atomic mass is 9.95. The van der Waals surface area contributed by atoms with Gasteiger partial charge in [-0.05, 0) is 23.6 Å². The van der Waals surface area contributed by atoms with Gasteiger partial charge in [-0.1, -0.05) is 54.6 Å². The highest BCUT2D eigenvalue weighted by molar-refractivity contribution is 6.21. The van der Waals surface area contributed by atoms with Gasteiger partial charge in [0.25, 0.3) is 0 Å². The molecule has 0 amide bonds. The quantitative estimate of drug-likeness (QED) is 0.617. The van der Waals surface area contributed by atoms with E-state index < -0.39 is 0 Å². The fourth-order valence-electron chi connectivity index (χ4n) is 2.49. The van der Waals surface area contributed by atoms with E-state index in [0.717, 1.165) is 5.39 Å². The molecule has 0 radical (unpaired) electrons. The predicted octanol–water partition coefficient (Wildman–Crippen LogP) is 3.87. The first-order chi connectivity index (χ1) is 11.6. The lowest BCUT2D eigenvalue weighted by Crippen LogP contribution is -2.10. The van der Waals surface area contributed by atoms with Crippen LogP contribution >= 0.6 is 0 Å². The zero-order valence-corrected chi connectivity index (χ0v) is 12.6. The molecule has 4 nitrogen and oxygen atoms in total. The summed E-state index contributed by atoms with van der Waals surface area (Å²) in [6.07, 6.45) is 2.62. The van der Waals surface area contributed by atoms with Crippen LogP contribution in [0, 0.1) is 0 Å². The average molecular weight is 318 g/mol. The van der Waals surface area contributed by atoms with Crippen LogP contribution in [0.15, 0.2) is 72.8 Å². The van der Waals surface area contributed by atoms with Crippen LogP contribution in [0.3, 0.4) is 0 Å². The van der Waals surface area contributed by atoms with E-state index in [0.29, 0.717) is 16.5 Å². The third-order valence-electron chi connectivity index (χ3n) is 3.72. The van der Waals surface area contributed by atoms with E-state index in [2.05, 4.69) is 0 Å². The highest BCUT2D eigenvalue weighted by atomic mass is 16.3. The van der Waals surface area contributed by atoms with Gasteiger partial charge in [0.1, 0.15) is 0 Å². The van der Waals surface area contributed by atoms with Crippen LogP contribution in [0.1, 0.15) is 20.7 Å². The van der Waals surface area contributed by atoms with Gasteiger partial charge >= 0.3 is 0 Å². The van der Waals surface area contributed by atoms with E-state index in [1.54, 1.807) is 36.4 Å². The summed E-state index contributed by atoms with van der Waals surface area (Å²) in [6.45, 7) is 0. The van der Waals surface area contributed by atoms with Crippen molar-refractivity contribution < 1.29 is 19.8 Å². The van der Waals surface area contributed by atoms with E-state index in [1.165, 1.54) is 18.2 Å². The molecule has 0 fully saturated rings. The van der Waals surface area contributed by atoms with Crippen molar-refractivity contribution in [3.05, 3.63) is 83.9 Å². The first-order valence-corrected chi connectivity index (χ1v) is 7.33. The number of hydrogen-bond donors (Lipinski definition) is 2. The first-order valence-electron chi connectivity index (χ1n) is 7.33. The Labute approximate surface area is 138 Å². The molecule has 0 unspecified atom stereocenters. The summed E-state index contributed by atoms with van der Waals surface area (Å²) in [6, 6.07) is 17.5. The molecule has 3 aromatic rings. The molecule has 1 aliphatic carbocycles. The highest BCUT2D eigenvalue weighted by Gasteiger charge is 2.16. The maximum atomic E-state index is 11.2. The van der Waals surface area contributed by atoms with E-state index >= 15 is 0 Å². The van der Waals surface area contributed by atoms with E-state index in [4.69, 9.17) is 5.11 Å². The van der Waals surface area contributed by atoms with Crippen LogP contribution in [-0.4, -0.2) is 21.8 Å². The smallest absolute Gasteiger partial charge is 0.186 e. The summed E-state index contributed by atoms with van der Waals surface area (Å²) in [5, 5.41) is 20.2. The molecule has 24 heavy (non-hydrogen) atoms. The molecule has 0 aromatic heterocycles. The lowest BCUT2D eigenvalue weighted by Gasteiger charge is -2.06. The van der Waals surface area contributed by atoms with Crippen molar-refractivity contribution in [1.29, 1.82) is 0 Å². The summed E-state index contributed by atoms with van der Waals surface area (Å²) in [4.78, 5) is 22.4. The fraction of sp³-hybridized carbons (Fsp3) is 0. The number of carbonyl (C=O) groups is 2. The molecule has 0 aliphatic heterocycles. The molecule has 0 heterocycles. The zero-order chi connectivity index (χ0) is 17.1. The Kier molecular flexibility index (Phi) is 4.12. The molecule has 4 heteroatoms. The van der Waals surface area contributed by atoms with Gasteiger partial charge in [0, 0.05) is 16.5 Å². The molecule has 2 N–H and O–H groups in total. The Hall–Kier alpha value is -3.40. The number of fused-ring (bicyclic) bond motifs is 2. The van der Waals surface area contributed by atoms with Crippen molar-refractivity contribution >= 4 is 22.3 Å². The zero-order valence-electron chi connectivity index (χ0n) is 12.6. The Morgan fingerprint density at radius 2 is 1.17 bits per heavy atom. The summed E-state index contributed by atoms with van der Waals surface area (Å²) >= 11 is 0. The van der Waals surface area contributed by atoms with Gasteiger partial charge in [-0.25, -0.2) is 0 Å². The molecule has 0 saturated carbocycles. The van der Waals surface area contributed by atoms with Crippen LogP contribution in [0.5, 0.6) is 11.5 Å². The van der Waals surface area contributed by atoms with Crippen molar-refractivity contribution in [2.75, 3.05) is 0 Å². The van der Waals surface area contributed by atoms with Gasteiger partial charge in [0.05, 0.1) is 0 Å². The number of benzene rings is 3. The van der Waals surface area contributed by atoms with Crippen LogP contribution in [0.2, 0.25) is 0 Å². The summed E-state index contributed by atoms with van der Waals surface area (Å²) < 4.78 is 0. The maximum Gasteiger partial charge on any atom is 0.186 e. The third-order valence-corrected chi connectivity index (χ3v) is 3.72. The summed E-state index contributed by atoms with van der Waals surface area (Å²) in [7, 11) is 0. The molecule has 0 bridgehead atoms. The molecule has 0 spiro atoms. The third kappa shape index (κ3) is 2.90. The van der Waals surface area contributed by atoms with E-state index in [1.807, 2.05) is 18.2 Å². The Balaban J connectivity index is 0.000000141. The molecule has 118 valence electrons. The molecule has 4 rings (SSSR count). The number of hydrogen-bond acceptors (Lipinski definition) is 4. The van der Waals surface area contributed by atoms with Crippen LogP contribution in [-0.2, 0) is 0 Å². The van der Waals surface area contributed by atoms with Crippen LogP contribution < -0.4 is 0 Å². The number of rotatable bonds is 0. The number of phenols is 2. The first kappa shape index (κ1) is 15.5. The lowest BCUT2D eigenvalue weighted by molar-refractivity contribution is 0.0994. The number of ketones is 2. The summed E-state index contributed by atoms with van der Waals surface area (Å²) in [5.41, 5.74) is 1.01. The average Bonchev–Trinajstić information content (AvgIpc) is 2.62. The van der Waals surface area contributed by atoms with Crippen LogP contribution in [0.25, 0.3) is 10.8 Å². The fourth-order valence-corrected chi connectivity index (χ4v) is 2.49. The maximum absolute atomic E-state index is 11.2. The van der Waals surface area contributed by atoms with Gasteiger partial charge < -0.3 is 10.2 Å². The van der Waals surface area contributed by atoms with Gasteiger partial charge in [-0.2, -0.15) is 0 Å². The predicted molar refractivity (Wildman–Crippen MR) is 91.5 cm³/mol. The number of phenolic OH excluding ortho intramolecular Hbond substituents is 2. The van der Waals surface area contributed by atoms with E-state index in [-0.39, 0.29) is 23.1 Å². The van der Waals surface area contributed by atoms with Gasteiger partial charge in [-0.15, -0.1) is 0 Å². The van der Waals surface area contributed by atoms with Gasteiger partial charge in [-0.3, -0.25) is 9.59 Å². The van der Waals surface area contributed by atoms with Crippen molar-refractivity contribution in [2.45, 2.75) is 0 Å². The molecular formula is C20H14O4. The van der Waals surface area contributed by atoms with Crippen LogP contribution in [0.4, 0.5) is 0 Å². The molecular weight excluding hydrogens is 304 g/mol. The monoisotopic (exact) mass is 318 g/mol. The second kappa shape index (κ2) is 6.38. The Morgan fingerprint density at radius 1 is 0.625 bits per heavy atom. The minimum absolute atomic E-state index is 0.0481. The van der Waals surface area contributed by atoms with Crippen molar-refractivity contribution in [2.24, 2.45) is 0 Å². The number of aromatic hydroxyl groups is 2. The Morgan fingerprint density at radius 3 is 1.79 bits per heavy atom. The second-order valence-corrected chi connectivity index (χ2v) is 5.26. The molecule has 3 aromatic carbocycles. The number of allylic oxidation sites excluding steroid dienone is 2. The van der Waals surface area contributed by atoms with Crippen molar-refractivity contribution in [3.63, 3.8) is 0 Å². The minimum Gasteiger partial charge on any atom is -0.504 e. The minimum atomic E-state index is -0.0924. The van der Waals surface area contributed by atoms with E-state index in [9.17, 15) is 14.7 Å². The molecule has 0 saturated heterocycles. The van der Waals surface area contributed by atoms with Crippen molar-refractivity contribution in [3.8, 4) is 11.5 Å². The number of carbonyl (C=O) groups excluding carboxylic acids is 2. The standard InChI is InChI=1S/C10H6O2.C10H8O2/c11-9-5-6-10(12)8-4-2-1-3-7(8)9;11-9-6-5-7-3-1-2-4-8(7)10(9)12/h1-6H;1-6,11-12H. The summed E-state index contributed by atoms with van der Waals surface area (Å²) in [5.74, 6) is -0.308. The van der Waals surface area contributed by atoms with Gasteiger partial charge in [0.15, 0.2) is 23.1 Å². The van der Waals surface area contributed by atoms with Crippen molar-refractivity contribution in [1.82, 2.24) is 0 Å². The molecule has 1 aliphatic rings. The normalized spacial score (nSPS) is 12.5. The Bertz CT molecular complexity index is 933.